The van der Waals surface area contributed by atoms with Gasteiger partial charge in [0.25, 0.3) is 11.1 Å². The summed E-state index contributed by atoms with van der Waals surface area (Å²) in [5.41, 5.74) is 0.991. The average Bonchev–Trinajstić information content (AvgIpc) is 2.45. The Morgan fingerprint density at radius 3 is 2.45 bits per heavy atom. The molecule has 2 amide bonds. The number of ether oxygens (including phenoxy) is 1. The van der Waals surface area contributed by atoms with Crippen molar-refractivity contribution >= 4 is 28.9 Å². The molecule has 0 aliphatic heterocycles. The van der Waals surface area contributed by atoms with Crippen LogP contribution < -0.4 is 5.32 Å². The monoisotopic (exact) mass is 293 g/mol. The van der Waals surface area contributed by atoms with Gasteiger partial charge in [0.05, 0.1) is 7.11 Å². The smallest absolute Gasteiger partial charge is 0.330 e. The van der Waals surface area contributed by atoms with Crippen LogP contribution in [0.15, 0.2) is 42.5 Å². The molecule has 1 aromatic rings. The summed E-state index contributed by atoms with van der Waals surface area (Å²) in [6.45, 7) is 1.87. The number of esters is 1. The third-order valence-corrected chi connectivity index (χ3v) is 3.29. The van der Waals surface area contributed by atoms with Gasteiger partial charge in [-0.1, -0.05) is 42.1 Å². The highest BCUT2D eigenvalue weighted by Gasteiger charge is 2.13. The summed E-state index contributed by atoms with van der Waals surface area (Å²) in [6.07, 6.45) is 1.91. The minimum absolute atomic E-state index is 0.0754. The summed E-state index contributed by atoms with van der Waals surface area (Å²) < 4.78 is 4.33. The van der Waals surface area contributed by atoms with Crippen LogP contribution in [-0.4, -0.2) is 24.2 Å². The van der Waals surface area contributed by atoms with Crippen molar-refractivity contribution in [3.05, 3.63) is 48.0 Å². The fourth-order valence-corrected chi connectivity index (χ4v) is 2.11. The molecule has 106 valence electrons. The van der Waals surface area contributed by atoms with Gasteiger partial charge in [-0.3, -0.25) is 14.9 Å². The summed E-state index contributed by atoms with van der Waals surface area (Å²) in [5.74, 6) is -1.31. The van der Waals surface area contributed by atoms with Crippen LogP contribution in [0.3, 0.4) is 0 Å². The van der Waals surface area contributed by atoms with E-state index < -0.39 is 17.1 Å². The van der Waals surface area contributed by atoms with E-state index in [0.29, 0.717) is 0 Å². The lowest BCUT2D eigenvalue weighted by Gasteiger charge is -2.09. The highest BCUT2D eigenvalue weighted by atomic mass is 32.2. The number of methoxy groups -OCH3 is 1. The molecule has 0 saturated carbocycles. The maximum Gasteiger partial charge on any atom is 0.330 e. The molecule has 0 bridgehead atoms. The molecule has 0 heterocycles. The largest absolute Gasteiger partial charge is 0.466 e. The molecular weight excluding hydrogens is 278 g/mol. The number of nitrogens with one attached hydrogen (secondary N) is 1. The van der Waals surface area contributed by atoms with Crippen molar-refractivity contribution in [3.63, 3.8) is 0 Å². The molecule has 0 radical (unpaired) electrons. The average molecular weight is 293 g/mol. The normalized spacial score (nSPS) is 11.9. The minimum Gasteiger partial charge on any atom is -0.466 e. The Bertz CT molecular complexity index is 513. The zero-order valence-electron chi connectivity index (χ0n) is 11.2. The molecule has 0 aliphatic carbocycles. The summed E-state index contributed by atoms with van der Waals surface area (Å²) >= 11 is 1.00. The molecule has 6 heteroatoms. The Morgan fingerprint density at radius 1 is 1.20 bits per heavy atom. The van der Waals surface area contributed by atoms with Gasteiger partial charge in [-0.2, -0.15) is 0 Å². The number of benzene rings is 1. The van der Waals surface area contributed by atoms with Crippen LogP contribution in [0.25, 0.3) is 0 Å². The van der Waals surface area contributed by atoms with Gasteiger partial charge >= 0.3 is 5.97 Å². The fraction of sp³-hybridized carbons (Fsp3) is 0.214. The Kier molecular flexibility index (Phi) is 6.52. The van der Waals surface area contributed by atoms with E-state index in [9.17, 15) is 14.4 Å². The zero-order valence-corrected chi connectivity index (χ0v) is 12.0. The van der Waals surface area contributed by atoms with Crippen LogP contribution in [-0.2, 0) is 14.3 Å². The summed E-state index contributed by atoms with van der Waals surface area (Å²) in [5, 5.41) is 1.60. The van der Waals surface area contributed by atoms with Gasteiger partial charge in [-0.05, 0) is 12.5 Å². The standard InChI is InChI=1S/C14H15NO4S/c1-10(11-6-4-3-5-7-11)20-14(18)15-12(16)8-9-13(17)19-2/h3-10H,1-2H3,(H,15,16,18)/b9-8+. The molecule has 0 saturated heterocycles. The lowest BCUT2D eigenvalue weighted by Crippen LogP contribution is -2.25. The number of rotatable bonds is 4. The highest BCUT2D eigenvalue weighted by Crippen LogP contribution is 2.27. The second kappa shape index (κ2) is 8.16. The molecule has 20 heavy (non-hydrogen) atoms. The summed E-state index contributed by atoms with van der Waals surface area (Å²) in [7, 11) is 1.20. The number of amides is 2. The predicted octanol–water partition coefficient (Wildman–Crippen LogP) is 2.45. The van der Waals surface area contributed by atoms with Gasteiger partial charge in [-0.25, -0.2) is 4.79 Å². The SMILES string of the molecule is COC(=O)/C=C/C(=O)NC(=O)SC(C)c1ccccc1. The number of imide groups is 1. The molecule has 0 aromatic heterocycles. The van der Waals surface area contributed by atoms with Crippen molar-refractivity contribution in [1.82, 2.24) is 5.32 Å². The molecule has 1 aromatic carbocycles. The lowest BCUT2D eigenvalue weighted by molar-refractivity contribution is -0.135. The van der Waals surface area contributed by atoms with Gasteiger partial charge in [-0.15, -0.1) is 0 Å². The first kappa shape index (κ1) is 16.0. The van der Waals surface area contributed by atoms with Crippen molar-refractivity contribution in [2.45, 2.75) is 12.2 Å². The molecule has 1 unspecified atom stereocenters. The maximum atomic E-state index is 11.6. The van der Waals surface area contributed by atoms with Gasteiger partial charge < -0.3 is 4.74 Å². The molecule has 0 fully saturated rings. The van der Waals surface area contributed by atoms with Crippen molar-refractivity contribution in [2.24, 2.45) is 0 Å². The van der Waals surface area contributed by atoms with Crippen LogP contribution in [0.2, 0.25) is 0 Å². The van der Waals surface area contributed by atoms with E-state index in [1.54, 1.807) is 0 Å². The van der Waals surface area contributed by atoms with E-state index in [1.165, 1.54) is 7.11 Å². The van der Waals surface area contributed by atoms with E-state index in [-0.39, 0.29) is 5.25 Å². The van der Waals surface area contributed by atoms with Gasteiger partial charge in [0, 0.05) is 17.4 Å². The topological polar surface area (TPSA) is 72.5 Å². The highest BCUT2D eigenvalue weighted by molar-refractivity contribution is 8.13. The molecule has 5 nitrogen and oxygen atoms in total. The number of carbonyl (C=O) groups is 3. The zero-order chi connectivity index (χ0) is 15.0. The number of hydrogen-bond donors (Lipinski definition) is 1. The van der Waals surface area contributed by atoms with Crippen molar-refractivity contribution in [2.75, 3.05) is 7.11 Å². The summed E-state index contributed by atoms with van der Waals surface area (Å²) in [4.78, 5) is 33.8. The number of carbonyl (C=O) groups excluding carboxylic acids is 3. The minimum atomic E-state index is -0.659. The first-order chi connectivity index (χ1) is 9.52. The lowest BCUT2D eigenvalue weighted by atomic mass is 10.2. The van der Waals surface area contributed by atoms with E-state index in [2.05, 4.69) is 10.1 Å². The van der Waals surface area contributed by atoms with Gasteiger partial charge in [0.1, 0.15) is 0 Å². The molecule has 1 rings (SSSR count). The second-order valence-electron chi connectivity index (χ2n) is 3.80. The molecule has 0 spiro atoms. The Labute approximate surface area is 121 Å². The number of hydrogen-bond acceptors (Lipinski definition) is 5. The fourth-order valence-electron chi connectivity index (χ4n) is 1.34. The first-order valence-electron chi connectivity index (χ1n) is 5.85. The molecule has 1 atom stereocenters. The van der Waals surface area contributed by atoms with E-state index in [4.69, 9.17) is 0 Å². The van der Waals surface area contributed by atoms with Crippen LogP contribution in [0, 0.1) is 0 Å². The Morgan fingerprint density at radius 2 is 1.85 bits per heavy atom. The molecule has 1 N–H and O–H groups in total. The van der Waals surface area contributed by atoms with E-state index >= 15 is 0 Å². The van der Waals surface area contributed by atoms with Crippen molar-refractivity contribution < 1.29 is 19.1 Å². The van der Waals surface area contributed by atoms with Crippen LogP contribution in [0.5, 0.6) is 0 Å². The third kappa shape index (κ3) is 5.71. The van der Waals surface area contributed by atoms with Crippen molar-refractivity contribution in [1.29, 1.82) is 0 Å². The Hall–Kier alpha value is -2.08. The van der Waals surface area contributed by atoms with Crippen LogP contribution >= 0.6 is 11.8 Å². The van der Waals surface area contributed by atoms with Crippen molar-refractivity contribution in [3.8, 4) is 0 Å². The quantitative estimate of drug-likeness (QED) is 0.682. The Balaban J connectivity index is 2.46. The van der Waals surface area contributed by atoms with E-state index in [0.717, 1.165) is 29.5 Å². The van der Waals surface area contributed by atoms with Crippen LogP contribution in [0.1, 0.15) is 17.7 Å². The maximum absolute atomic E-state index is 11.6. The predicted molar refractivity (Wildman–Crippen MR) is 77.1 cm³/mol. The second-order valence-corrected chi connectivity index (χ2v) is 5.12. The molecular formula is C14H15NO4S. The molecule has 0 aliphatic rings. The first-order valence-corrected chi connectivity index (χ1v) is 6.73. The number of thioether (sulfide) groups is 1. The van der Waals surface area contributed by atoms with Crippen LogP contribution in [0.4, 0.5) is 4.79 Å². The van der Waals surface area contributed by atoms with Gasteiger partial charge in [0.15, 0.2) is 0 Å². The van der Waals surface area contributed by atoms with Gasteiger partial charge in [0.2, 0.25) is 0 Å². The third-order valence-electron chi connectivity index (χ3n) is 2.35. The summed E-state index contributed by atoms with van der Waals surface area (Å²) in [6, 6.07) is 9.47. The van der Waals surface area contributed by atoms with E-state index in [1.807, 2.05) is 37.3 Å².